The summed E-state index contributed by atoms with van der Waals surface area (Å²) in [4.78, 5) is 14.5. The molecule has 0 aliphatic heterocycles. The number of carbonyl (C=O) groups is 1. The molecule has 0 saturated heterocycles. The van der Waals surface area contributed by atoms with Gasteiger partial charge in [0.1, 0.15) is 5.75 Å². The highest BCUT2D eigenvalue weighted by Crippen LogP contribution is 2.42. The molecular formula is C22H37NO3Si. The van der Waals surface area contributed by atoms with Crippen LogP contribution in [0.3, 0.4) is 0 Å². The molecule has 1 aliphatic rings. The maximum atomic E-state index is 12.9. The van der Waals surface area contributed by atoms with E-state index in [2.05, 4.69) is 33.9 Å². The van der Waals surface area contributed by atoms with Crippen molar-refractivity contribution in [2.75, 3.05) is 14.1 Å². The largest absolute Gasteiger partial charge is 0.544 e. The van der Waals surface area contributed by atoms with Crippen molar-refractivity contribution in [2.45, 2.75) is 82.5 Å². The first-order valence-electron chi connectivity index (χ1n) is 10.1. The van der Waals surface area contributed by atoms with Crippen LogP contribution in [0, 0.1) is 0 Å². The number of aliphatic hydroxyl groups is 1. The number of likely N-dealkylation sites (N-methyl/N-ethyl adjacent to an activating group) is 1. The Kier molecular flexibility index (Phi) is 6.47. The monoisotopic (exact) mass is 391 g/mol. The van der Waals surface area contributed by atoms with E-state index in [1.54, 1.807) is 19.0 Å². The van der Waals surface area contributed by atoms with Gasteiger partial charge in [0.2, 0.25) is 14.2 Å². The summed E-state index contributed by atoms with van der Waals surface area (Å²) in [7, 11) is 1.62. The summed E-state index contributed by atoms with van der Waals surface area (Å²) in [5.41, 5.74) is -0.0813. The van der Waals surface area contributed by atoms with Crippen LogP contribution in [0.25, 0.3) is 0 Å². The Hall–Kier alpha value is -1.33. The zero-order chi connectivity index (χ0) is 20.5. The lowest BCUT2D eigenvalue weighted by atomic mass is 9.72. The molecule has 1 saturated carbocycles. The van der Waals surface area contributed by atoms with Gasteiger partial charge in [-0.2, -0.15) is 0 Å². The van der Waals surface area contributed by atoms with Crippen LogP contribution in [0.2, 0.25) is 18.1 Å². The molecule has 1 atom stereocenters. The molecule has 1 aromatic carbocycles. The van der Waals surface area contributed by atoms with E-state index in [1.807, 2.05) is 24.3 Å². The highest BCUT2D eigenvalue weighted by atomic mass is 28.4. The molecule has 1 aliphatic carbocycles. The molecule has 1 aromatic rings. The van der Waals surface area contributed by atoms with E-state index in [4.69, 9.17) is 4.43 Å². The minimum absolute atomic E-state index is 0.0301. The summed E-state index contributed by atoms with van der Waals surface area (Å²) >= 11 is 0. The van der Waals surface area contributed by atoms with Crippen LogP contribution in [0.15, 0.2) is 24.3 Å². The van der Waals surface area contributed by atoms with Gasteiger partial charge >= 0.3 is 0 Å². The maximum Gasteiger partial charge on any atom is 0.250 e. The molecule has 1 fully saturated rings. The van der Waals surface area contributed by atoms with Crippen molar-refractivity contribution in [1.82, 2.24) is 4.90 Å². The molecule has 1 N–H and O–H groups in total. The third-order valence-corrected chi connectivity index (χ3v) is 10.7. The van der Waals surface area contributed by atoms with Gasteiger partial charge in [0.25, 0.3) is 0 Å². The van der Waals surface area contributed by atoms with E-state index in [0.717, 1.165) is 30.6 Å². The summed E-state index contributed by atoms with van der Waals surface area (Å²) in [5.74, 6) is 0.296. The third kappa shape index (κ3) is 4.94. The second-order valence-corrected chi connectivity index (χ2v) is 14.5. The zero-order valence-electron chi connectivity index (χ0n) is 18.1. The first kappa shape index (κ1) is 22.0. The van der Waals surface area contributed by atoms with Crippen LogP contribution in [-0.4, -0.2) is 43.9 Å². The van der Waals surface area contributed by atoms with Crippen LogP contribution < -0.4 is 4.43 Å². The molecule has 2 rings (SSSR count). The van der Waals surface area contributed by atoms with E-state index < -0.39 is 19.8 Å². The smallest absolute Gasteiger partial charge is 0.250 e. The molecular weight excluding hydrogens is 354 g/mol. The Bertz CT molecular complexity index is 641. The lowest BCUT2D eigenvalue weighted by Gasteiger charge is -2.40. The fourth-order valence-corrected chi connectivity index (χ4v) is 4.60. The van der Waals surface area contributed by atoms with Gasteiger partial charge in [-0.3, -0.25) is 4.79 Å². The van der Waals surface area contributed by atoms with Crippen LogP contribution in [0.4, 0.5) is 0 Å². The topological polar surface area (TPSA) is 49.8 Å². The molecule has 27 heavy (non-hydrogen) atoms. The first-order chi connectivity index (χ1) is 12.4. The number of rotatable bonds is 5. The highest BCUT2D eigenvalue weighted by Gasteiger charge is 2.44. The van der Waals surface area contributed by atoms with Gasteiger partial charge in [0.15, 0.2) is 0 Å². The molecule has 0 radical (unpaired) electrons. The Morgan fingerprint density at radius 3 is 2.07 bits per heavy atom. The molecule has 0 spiro atoms. The quantitative estimate of drug-likeness (QED) is 0.724. The number of carbonyl (C=O) groups excluding carboxylic acids is 1. The molecule has 5 heteroatoms. The summed E-state index contributed by atoms with van der Waals surface area (Å²) in [6, 6.07) is 7.83. The molecule has 0 aromatic heterocycles. The van der Waals surface area contributed by atoms with Gasteiger partial charge in [-0.05, 0) is 48.7 Å². The zero-order valence-corrected chi connectivity index (χ0v) is 19.1. The van der Waals surface area contributed by atoms with Gasteiger partial charge in [-0.15, -0.1) is 0 Å². The summed E-state index contributed by atoms with van der Waals surface area (Å²) in [6.45, 7) is 11.1. The summed E-state index contributed by atoms with van der Waals surface area (Å²) in [5, 5.41) is 11.4. The average Bonchev–Trinajstić information content (AvgIpc) is 2.55. The van der Waals surface area contributed by atoms with Crippen molar-refractivity contribution in [3.63, 3.8) is 0 Å². The number of benzene rings is 1. The van der Waals surface area contributed by atoms with Crippen molar-refractivity contribution >= 4 is 14.2 Å². The Morgan fingerprint density at radius 1 is 1.11 bits per heavy atom. The van der Waals surface area contributed by atoms with Gasteiger partial charge in [0, 0.05) is 14.1 Å². The standard InChI is InChI=1S/C22H37NO3Si/c1-21(2,3)27(6,7)26-18-13-11-17(12-14-18)19(20(24)23(4)5)22(25)15-9-8-10-16-22/h11-14,19,25H,8-10,15-16H2,1-7H3. The van der Waals surface area contributed by atoms with Crippen molar-refractivity contribution < 1.29 is 14.3 Å². The van der Waals surface area contributed by atoms with E-state index in [1.165, 1.54) is 0 Å². The first-order valence-corrected chi connectivity index (χ1v) is 13.0. The molecule has 1 unspecified atom stereocenters. The fourth-order valence-electron chi connectivity index (χ4n) is 3.57. The van der Waals surface area contributed by atoms with E-state index in [9.17, 15) is 9.90 Å². The van der Waals surface area contributed by atoms with Crippen LogP contribution in [-0.2, 0) is 4.79 Å². The summed E-state index contributed by atoms with van der Waals surface area (Å²) < 4.78 is 6.36. The predicted octanol–water partition coefficient (Wildman–Crippen LogP) is 4.94. The van der Waals surface area contributed by atoms with Gasteiger partial charge in [0.05, 0.1) is 11.5 Å². The van der Waals surface area contributed by atoms with Crippen LogP contribution in [0.5, 0.6) is 5.75 Å². The van der Waals surface area contributed by atoms with Crippen LogP contribution >= 0.6 is 0 Å². The van der Waals surface area contributed by atoms with Gasteiger partial charge in [-0.1, -0.05) is 52.2 Å². The molecule has 0 heterocycles. The maximum absolute atomic E-state index is 12.9. The average molecular weight is 392 g/mol. The molecule has 152 valence electrons. The van der Waals surface area contributed by atoms with E-state index >= 15 is 0 Å². The molecule has 4 nitrogen and oxygen atoms in total. The van der Waals surface area contributed by atoms with Crippen LogP contribution in [0.1, 0.15) is 64.4 Å². The number of hydrogen-bond donors (Lipinski definition) is 1. The Labute approximate surface area is 166 Å². The lowest BCUT2D eigenvalue weighted by molar-refractivity contribution is -0.139. The van der Waals surface area contributed by atoms with Gasteiger partial charge < -0.3 is 14.4 Å². The van der Waals surface area contributed by atoms with Crippen molar-refractivity contribution in [3.05, 3.63) is 29.8 Å². The number of hydrogen-bond acceptors (Lipinski definition) is 3. The Morgan fingerprint density at radius 2 is 1.63 bits per heavy atom. The molecule has 1 amide bonds. The third-order valence-electron chi connectivity index (χ3n) is 6.34. The second-order valence-electron chi connectivity index (χ2n) is 9.76. The number of nitrogens with zero attached hydrogens (tertiary/aromatic N) is 1. The van der Waals surface area contributed by atoms with Gasteiger partial charge in [-0.25, -0.2) is 0 Å². The van der Waals surface area contributed by atoms with Crippen molar-refractivity contribution in [3.8, 4) is 5.75 Å². The minimum Gasteiger partial charge on any atom is -0.544 e. The SMILES string of the molecule is CN(C)C(=O)C(c1ccc(O[Si](C)(C)C(C)(C)C)cc1)C1(O)CCCCC1. The van der Waals surface area contributed by atoms with Crippen molar-refractivity contribution in [1.29, 1.82) is 0 Å². The van der Waals surface area contributed by atoms with E-state index in [0.29, 0.717) is 12.8 Å². The Balaban J connectivity index is 2.31. The highest BCUT2D eigenvalue weighted by molar-refractivity contribution is 6.74. The lowest BCUT2D eigenvalue weighted by Crippen LogP contribution is -2.46. The second kappa shape index (κ2) is 7.96. The van der Waals surface area contributed by atoms with Crippen molar-refractivity contribution in [2.24, 2.45) is 0 Å². The fraction of sp³-hybridized carbons (Fsp3) is 0.682. The minimum atomic E-state index is -1.90. The summed E-state index contributed by atoms with van der Waals surface area (Å²) in [6.07, 6.45) is 4.43. The normalized spacial score (nSPS) is 18.7. The predicted molar refractivity (Wildman–Crippen MR) is 114 cm³/mol. The molecule has 0 bridgehead atoms. The van der Waals surface area contributed by atoms with E-state index in [-0.39, 0.29) is 10.9 Å². The number of amides is 1.